The van der Waals surface area contributed by atoms with Gasteiger partial charge in [-0.2, -0.15) is 0 Å². The third-order valence-electron chi connectivity index (χ3n) is 0.957. The molecular weight excluding hydrogens is 286 g/mol. The Labute approximate surface area is 66.2 Å². The molecule has 2 nitrogen and oxygen atoms in total. The molecule has 0 fully saturated rings. The van der Waals surface area contributed by atoms with Crippen LogP contribution >= 0.6 is 0 Å². The van der Waals surface area contributed by atoms with Gasteiger partial charge in [-0.3, -0.25) is 0 Å². The average Bonchev–Trinajstić information content (AvgIpc) is 2.20. The van der Waals surface area contributed by atoms with Crippen LogP contribution in [0.4, 0.5) is 0 Å². The van der Waals surface area contributed by atoms with Crippen molar-refractivity contribution in [1.29, 1.82) is 0 Å². The minimum atomic E-state index is 0.741. The Morgan fingerprint density at radius 3 is 2.44 bits per heavy atom. The van der Waals surface area contributed by atoms with Gasteiger partial charge < -0.3 is 0 Å². The van der Waals surface area contributed by atoms with Gasteiger partial charge in [-0.05, 0) is 13.3 Å². The second-order valence-corrected chi connectivity index (χ2v) is 2.20. The van der Waals surface area contributed by atoms with Crippen LogP contribution in [0.15, 0.2) is 27.5 Å². The van der Waals surface area contributed by atoms with Crippen LogP contribution in [0.3, 0.4) is 0 Å². The Hall–Kier alpha value is -0.232. The van der Waals surface area contributed by atoms with Gasteiger partial charge in [-0.15, -0.1) is 0 Å². The van der Waals surface area contributed by atoms with Crippen LogP contribution in [0.5, 0.6) is 0 Å². The van der Waals surface area contributed by atoms with Crippen molar-refractivity contribution in [2.45, 2.75) is 13.3 Å². The van der Waals surface area contributed by atoms with Crippen LogP contribution in [0.2, 0.25) is 0 Å². The first kappa shape index (κ1) is 8.77. The number of hydrogen-bond donors (Lipinski definition) is 0. The zero-order valence-corrected chi connectivity index (χ0v) is 8.14. The van der Waals surface area contributed by atoms with E-state index in [9.17, 15) is 0 Å². The van der Waals surface area contributed by atoms with Gasteiger partial charge in [0.15, 0.2) is 0 Å². The summed E-state index contributed by atoms with van der Waals surface area (Å²) in [5.74, 6) is 0. The summed E-state index contributed by atoms with van der Waals surface area (Å²) in [7, 11) is 0. The van der Waals surface area contributed by atoms with Crippen molar-refractivity contribution in [2.24, 2.45) is 3.74 Å². The summed E-state index contributed by atoms with van der Waals surface area (Å²) in [6.07, 6.45) is 7.65. The molecule has 0 aliphatic heterocycles. The number of hydrogen-bond acceptors (Lipinski definition) is 2. The van der Waals surface area contributed by atoms with Crippen LogP contribution in [-0.4, -0.2) is 0 Å². The molecule has 3 heteroatoms. The summed E-state index contributed by atoms with van der Waals surface area (Å²) in [6, 6.07) is 0. The molecule has 0 unspecified atom stereocenters. The van der Waals surface area contributed by atoms with Crippen LogP contribution in [0.25, 0.3) is 0 Å². The maximum atomic E-state index is 8.59. The molecule has 0 aromatic heterocycles. The molecule has 0 atom stereocenters. The van der Waals surface area contributed by atoms with E-state index in [1.807, 2.05) is 0 Å². The van der Waals surface area contributed by atoms with Crippen molar-refractivity contribution in [3.8, 4) is 0 Å². The fraction of sp³-hybridized carbons (Fsp3) is 0.333. The SMILES string of the molecule is CC1=CCC=C1.O=[N][W]. The molecule has 49 valence electrons. The second-order valence-electron chi connectivity index (χ2n) is 1.66. The Balaban J connectivity index is 0.000000187. The summed E-state index contributed by atoms with van der Waals surface area (Å²) in [5, 5.41) is 0. The van der Waals surface area contributed by atoms with Crippen molar-refractivity contribution in [2.75, 3.05) is 0 Å². The molecule has 0 saturated carbocycles. The van der Waals surface area contributed by atoms with Gasteiger partial charge in [0, 0.05) is 0 Å². The summed E-state index contributed by atoms with van der Waals surface area (Å²) in [4.78, 5) is 8.59. The van der Waals surface area contributed by atoms with E-state index in [0.29, 0.717) is 0 Å². The van der Waals surface area contributed by atoms with Gasteiger partial charge in [0.05, 0.1) is 0 Å². The first-order chi connectivity index (χ1) is 4.31. The quantitative estimate of drug-likeness (QED) is 0.629. The van der Waals surface area contributed by atoms with Gasteiger partial charge in [0.1, 0.15) is 0 Å². The minimum absolute atomic E-state index is 0.741. The van der Waals surface area contributed by atoms with Crippen LogP contribution in [0.1, 0.15) is 13.3 Å². The fourth-order valence-electron chi connectivity index (χ4n) is 0.576. The van der Waals surface area contributed by atoms with Crippen LogP contribution in [-0.2, 0) is 20.1 Å². The Morgan fingerprint density at radius 1 is 1.78 bits per heavy atom. The van der Waals surface area contributed by atoms with Gasteiger partial charge in [-0.25, -0.2) is 0 Å². The van der Waals surface area contributed by atoms with Crippen molar-refractivity contribution < 1.29 is 20.1 Å². The Kier molecular flexibility index (Phi) is 5.75. The second kappa shape index (κ2) is 5.90. The summed E-state index contributed by atoms with van der Waals surface area (Å²) >= 11 is 0.741. The number of nitrogens with zero attached hydrogens (tertiary/aromatic N) is 1. The zero-order chi connectivity index (χ0) is 7.11. The molecule has 1 rings (SSSR count). The Bertz CT molecular complexity index is 137. The molecule has 0 N–H and O–H groups in total. The standard InChI is InChI=1S/C6H8.NO.W/c1-6-4-2-3-5-6;1-2;/h2,4-5H,3H2,1H3;;/q;-1;+1. The fourth-order valence-corrected chi connectivity index (χ4v) is 0.576. The van der Waals surface area contributed by atoms with E-state index in [-0.39, 0.29) is 0 Å². The molecule has 0 aromatic carbocycles. The monoisotopic (exact) mass is 294 g/mol. The first-order valence-corrected chi connectivity index (χ1v) is 3.90. The summed E-state index contributed by atoms with van der Waals surface area (Å²) in [5.41, 5.74) is 1.40. The Morgan fingerprint density at radius 2 is 2.33 bits per heavy atom. The van der Waals surface area contributed by atoms with E-state index >= 15 is 0 Å². The molecule has 0 spiro atoms. The molecule has 1 aliphatic rings. The van der Waals surface area contributed by atoms with Crippen molar-refractivity contribution in [3.63, 3.8) is 0 Å². The van der Waals surface area contributed by atoms with Crippen molar-refractivity contribution >= 4 is 0 Å². The van der Waals surface area contributed by atoms with E-state index in [1.165, 1.54) is 5.57 Å². The van der Waals surface area contributed by atoms with Gasteiger partial charge in [0.2, 0.25) is 0 Å². The summed E-state index contributed by atoms with van der Waals surface area (Å²) in [6.45, 7) is 2.11. The molecule has 9 heavy (non-hydrogen) atoms. The van der Waals surface area contributed by atoms with E-state index < -0.39 is 0 Å². The number of nitroso groups, excluding NO2 is 1. The van der Waals surface area contributed by atoms with E-state index in [1.54, 1.807) is 0 Å². The molecule has 0 aromatic rings. The molecule has 1 aliphatic carbocycles. The third-order valence-corrected chi connectivity index (χ3v) is 0.957. The van der Waals surface area contributed by atoms with E-state index in [0.717, 1.165) is 26.5 Å². The molecule has 0 saturated heterocycles. The zero-order valence-electron chi connectivity index (χ0n) is 5.20. The third kappa shape index (κ3) is 5.64. The molecule has 0 heterocycles. The number of allylic oxidation sites excluding steroid dienone is 4. The van der Waals surface area contributed by atoms with Gasteiger partial charge >= 0.3 is 28.7 Å². The molecule has 0 amide bonds. The maximum absolute atomic E-state index is 8.59. The van der Waals surface area contributed by atoms with E-state index in [2.05, 4.69) is 28.9 Å². The van der Waals surface area contributed by atoms with Gasteiger partial charge in [0.25, 0.3) is 0 Å². The summed E-state index contributed by atoms with van der Waals surface area (Å²) < 4.78 is 2.33. The predicted octanol–water partition coefficient (Wildman–Crippen LogP) is 2.11. The average molecular weight is 294 g/mol. The van der Waals surface area contributed by atoms with Crippen LogP contribution < -0.4 is 0 Å². The van der Waals surface area contributed by atoms with Crippen molar-refractivity contribution in [1.82, 2.24) is 0 Å². The van der Waals surface area contributed by atoms with Crippen molar-refractivity contribution in [3.05, 3.63) is 28.7 Å². The molecule has 0 radical (unpaired) electrons. The molecule has 0 bridgehead atoms. The van der Waals surface area contributed by atoms with E-state index in [4.69, 9.17) is 4.91 Å². The normalized spacial score (nSPS) is 13.7. The van der Waals surface area contributed by atoms with Gasteiger partial charge in [-0.1, -0.05) is 23.8 Å². The molecular formula is C6H8NOW. The van der Waals surface area contributed by atoms with Crippen LogP contribution in [0, 0.1) is 4.91 Å². The predicted molar refractivity (Wildman–Crippen MR) is 33.3 cm³/mol. The first-order valence-electron chi connectivity index (χ1n) is 2.59. The number of rotatable bonds is 0. The topological polar surface area (TPSA) is 29.4 Å².